The molecule has 0 bridgehead atoms. The number of hydrogen-bond donors (Lipinski definition) is 1. The molecule has 2 unspecified atom stereocenters. The first-order valence-corrected chi connectivity index (χ1v) is 12.0. The quantitative estimate of drug-likeness (QED) is 0.690. The van der Waals surface area contributed by atoms with E-state index < -0.39 is 6.09 Å². The number of ether oxygens (including phenoxy) is 2. The number of piperidine rings is 1. The number of aromatic nitrogens is 1. The summed E-state index contributed by atoms with van der Waals surface area (Å²) in [5.41, 5.74) is 2.41. The summed E-state index contributed by atoms with van der Waals surface area (Å²) in [4.78, 5) is 32.0. The summed E-state index contributed by atoms with van der Waals surface area (Å²) in [7, 11) is 0. The molecule has 0 aliphatic carbocycles. The van der Waals surface area contributed by atoms with Crippen molar-refractivity contribution < 1.29 is 24.2 Å². The third kappa shape index (κ3) is 5.67. The summed E-state index contributed by atoms with van der Waals surface area (Å²) in [6.07, 6.45) is 2.49. The van der Waals surface area contributed by atoms with E-state index in [1.54, 1.807) is 11.1 Å². The molecule has 2 aliphatic heterocycles. The number of hydrogen-bond acceptors (Lipinski definition) is 5. The lowest BCUT2D eigenvalue weighted by atomic mass is 9.86. The van der Waals surface area contributed by atoms with Gasteiger partial charge in [-0.05, 0) is 48.9 Å². The highest BCUT2D eigenvalue weighted by Gasteiger charge is 2.33. The van der Waals surface area contributed by atoms with E-state index in [-0.39, 0.29) is 17.9 Å². The normalized spacial score (nSPS) is 20.9. The molecule has 2 atom stereocenters. The predicted octanol–water partition coefficient (Wildman–Crippen LogP) is 4.01. The first-order chi connectivity index (χ1) is 16.4. The number of amides is 2. The van der Waals surface area contributed by atoms with E-state index in [0.717, 1.165) is 24.1 Å². The molecule has 2 amide bonds. The van der Waals surface area contributed by atoms with Gasteiger partial charge in [0.15, 0.2) is 0 Å². The van der Waals surface area contributed by atoms with Crippen molar-refractivity contribution in [2.45, 2.75) is 32.7 Å². The van der Waals surface area contributed by atoms with Crippen LogP contribution >= 0.6 is 0 Å². The summed E-state index contributed by atoms with van der Waals surface area (Å²) in [6.45, 7) is 7.66. The number of pyridine rings is 1. The van der Waals surface area contributed by atoms with Gasteiger partial charge in [0.05, 0.1) is 31.7 Å². The molecule has 1 aromatic heterocycles. The first-order valence-electron chi connectivity index (χ1n) is 12.0. The number of benzene rings is 1. The van der Waals surface area contributed by atoms with Gasteiger partial charge in [-0.2, -0.15) is 0 Å². The minimum atomic E-state index is -0.837. The molecule has 1 aromatic carbocycles. The number of likely N-dealkylation sites (tertiary alicyclic amines) is 1. The van der Waals surface area contributed by atoms with E-state index >= 15 is 0 Å². The fourth-order valence-electron chi connectivity index (χ4n) is 4.68. The van der Waals surface area contributed by atoms with Crippen molar-refractivity contribution in [1.29, 1.82) is 0 Å². The second kappa shape index (κ2) is 10.9. The Morgan fingerprint density at radius 1 is 1.12 bits per heavy atom. The van der Waals surface area contributed by atoms with Gasteiger partial charge in [0.1, 0.15) is 5.75 Å². The minimum Gasteiger partial charge on any atom is -0.492 e. The van der Waals surface area contributed by atoms with Crippen LogP contribution in [0.5, 0.6) is 5.75 Å². The lowest BCUT2D eigenvalue weighted by Crippen LogP contribution is -2.48. The van der Waals surface area contributed by atoms with E-state index in [9.17, 15) is 14.7 Å². The zero-order valence-electron chi connectivity index (χ0n) is 19.9. The van der Waals surface area contributed by atoms with Crippen molar-refractivity contribution in [3.05, 3.63) is 48.2 Å². The molecule has 3 heterocycles. The van der Waals surface area contributed by atoms with Crippen LogP contribution in [0.1, 0.15) is 37.0 Å². The Labute approximate surface area is 200 Å². The largest absolute Gasteiger partial charge is 0.492 e. The molecule has 1 N–H and O–H groups in total. The second-order valence-electron chi connectivity index (χ2n) is 9.35. The highest BCUT2D eigenvalue weighted by atomic mass is 16.5. The first kappa shape index (κ1) is 24.0. The number of carbonyl (C=O) groups is 2. The van der Waals surface area contributed by atoms with Crippen LogP contribution in [0.25, 0.3) is 11.3 Å². The molecule has 2 saturated heterocycles. The highest BCUT2D eigenvalue weighted by molar-refractivity contribution is 5.94. The Kier molecular flexibility index (Phi) is 7.67. The molecule has 0 radical (unpaired) electrons. The third-order valence-electron chi connectivity index (χ3n) is 6.72. The summed E-state index contributed by atoms with van der Waals surface area (Å²) in [5.74, 6) is 1.32. The third-order valence-corrected chi connectivity index (χ3v) is 6.72. The standard InChI is InChI=1S/C26H33N3O5/c1-18(2)24-15-19(9-10-29(24)26(31)32)17-34-22-7-8-23(27-16-22)20-3-5-21(6-4-20)25(30)28-11-13-33-14-12-28/h3-8,16,18-19,24H,9-15,17H2,1-2H3,(H,31,32). The summed E-state index contributed by atoms with van der Waals surface area (Å²) < 4.78 is 11.3. The maximum absolute atomic E-state index is 12.6. The summed E-state index contributed by atoms with van der Waals surface area (Å²) in [5, 5.41) is 9.44. The van der Waals surface area contributed by atoms with Gasteiger partial charge in [-0.1, -0.05) is 26.0 Å². The van der Waals surface area contributed by atoms with Crippen LogP contribution in [0.2, 0.25) is 0 Å². The van der Waals surface area contributed by atoms with Gasteiger partial charge >= 0.3 is 6.09 Å². The molecule has 2 fully saturated rings. The highest BCUT2D eigenvalue weighted by Crippen LogP contribution is 2.29. The zero-order chi connectivity index (χ0) is 24.1. The van der Waals surface area contributed by atoms with E-state index in [4.69, 9.17) is 9.47 Å². The van der Waals surface area contributed by atoms with Crippen molar-refractivity contribution in [2.24, 2.45) is 11.8 Å². The van der Waals surface area contributed by atoms with Gasteiger partial charge in [-0.15, -0.1) is 0 Å². The van der Waals surface area contributed by atoms with Crippen LogP contribution in [-0.2, 0) is 4.74 Å². The van der Waals surface area contributed by atoms with Gasteiger partial charge < -0.3 is 24.4 Å². The van der Waals surface area contributed by atoms with Crippen LogP contribution in [0.4, 0.5) is 4.79 Å². The van der Waals surface area contributed by atoms with Gasteiger partial charge in [0.25, 0.3) is 5.91 Å². The van der Waals surface area contributed by atoms with Crippen molar-refractivity contribution in [2.75, 3.05) is 39.5 Å². The number of rotatable bonds is 6. The van der Waals surface area contributed by atoms with Crippen LogP contribution < -0.4 is 4.74 Å². The summed E-state index contributed by atoms with van der Waals surface area (Å²) in [6, 6.07) is 11.4. The van der Waals surface area contributed by atoms with E-state index in [1.165, 1.54) is 0 Å². The van der Waals surface area contributed by atoms with E-state index in [2.05, 4.69) is 18.8 Å². The average molecular weight is 468 g/mol. The fourth-order valence-corrected chi connectivity index (χ4v) is 4.68. The number of carboxylic acid groups (broad SMARTS) is 1. The van der Waals surface area contributed by atoms with Gasteiger partial charge in [-0.3, -0.25) is 9.78 Å². The predicted molar refractivity (Wildman–Crippen MR) is 128 cm³/mol. The Balaban J connectivity index is 1.32. The number of nitrogens with zero attached hydrogens (tertiary/aromatic N) is 3. The monoisotopic (exact) mass is 467 g/mol. The number of carbonyl (C=O) groups excluding carboxylic acids is 1. The zero-order valence-corrected chi connectivity index (χ0v) is 19.9. The lowest BCUT2D eigenvalue weighted by Gasteiger charge is -2.39. The van der Waals surface area contributed by atoms with Crippen LogP contribution in [0.15, 0.2) is 42.6 Å². The second-order valence-corrected chi connectivity index (χ2v) is 9.35. The fraction of sp³-hybridized carbons (Fsp3) is 0.500. The van der Waals surface area contributed by atoms with Crippen LogP contribution in [0, 0.1) is 11.8 Å². The Morgan fingerprint density at radius 2 is 1.85 bits per heavy atom. The van der Waals surface area contributed by atoms with Crippen molar-refractivity contribution in [1.82, 2.24) is 14.8 Å². The van der Waals surface area contributed by atoms with E-state index in [1.807, 2.05) is 41.3 Å². The molecule has 8 heteroatoms. The Bertz CT molecular complexity index is 971. The molecule has 8 nitrogen and oxygen atoms in total. The molecule has 0 saturated carbocycles. The minimum absolute atomic E-state index is 0.0263. The smallest absolute Gasteiger partial charge is 0.407 e. The van der Waals surface area contributed by atoms with Gasteiger partial charge in [-0.25, -0.2) is 4.79 Å². The Hall–Kier alpha value is -3.13. The topological polar surface area (TPSA) is 92.2 Å². The van der Waals surface area contributed by atoms with Crippen LogP contribution in [-0.4, -0.2) is 77.4 Å². The van der Waals surface area contributed by atoms with Crippen molar-refractivity contribution >= 4 is 12.0 Å². The molecule has 4 rings (SSSR count). The van der Waals surface area contributed by atoms with Gasteiger partial charge in [0.2, 0.25) is 0 Å². The number of morpholine rings is 1. The summed E-state index contributed by atoms with van der Waals surface area (Å²) >= 11 is 0. The molecule has 34 heavy (non-hydrogen) atoms. The molecule has 2 aliphatic rings. The van der Waals surface area contributed by atoms with E-state index in [0.29, 0.717) is 56.7 Å². The van der Waals surface area contributed by atoms with Crippen LogP contribution in [0.3, 0.4) is 0 Å². The molecule has 0 spiro atoms. The maximum atomic E-state index is 12.6. The maximum Gasteiger partial charge on any atom is 0.407 e. The molecular formula is C26H33N3O5. The SMILES string of the molecule is CC(C)C1CC(COc2ccc(-c3ccc(C(=O)N4CCOCC4)cc3)nc2)CCN1C(=O)O. The van der Waals surface area contributed by atoms with Gasteiger partial charge in [0, 0.05) is 36.8 Å². The molecule has 182 valence electrons. The lowest BCUT2D eigenvalue weighted by molar-refractivity contribution is 0.0303. The average Bonchev–Trinajstić information content (AvgIpc) is 2.87. The Morgan fingerprint density at radius 3 is 2.47 bits per heavy atom. The molecular weight excluding hydrogens is 434 g/mol. The molecule has 2 aromatic rings. The van der Waals surface area contributed by atoms with Crippen molar-refractivity contribution in [3.63, 3.8) is 0 Å². The van der Waals surface area contributed by atoms with Crippen molar-refractivity contribution in [3.8, 4) is 17.0 Å².